The number of phosphoric acid groups is 1. The number of rotatable bonds is 35. The van der Waals surface area contributed by atoms with E-state index >= 15 is 0 Å². The second-order valence-corrected chi connectivity index (χ2v) is 14.4. The summed E-state index contributed by atoms with van der Waals surface area (Å²) in [6, 6.07) is -0.887. The number of carbonyl (C=O) groups excluding carboxylic acids is 1. The molecule has 0 rings (SSSR count). The predicted molar refractivity (Wildman–Crippen MR) is 186 cm³/mol. The van der Waals surface area contributed by atoms with Crippen molar-refractivity contribution in [1.82, 2.24) is 5.32 Å². The highest BCUT2D eigenvalue weighted by Gasteiger charge is 2.28. The highest BCUT2D eigenvalue weighted by molar-refractivity contribution is 7.47. The fourth-order valence-electron chi connectivity index (χ4n) is 5.65. The second-order valence-electron chi connectivity index (χ2n) is 13.0. The van der Waals surface area contributed by atoms with Crippen molar-refractivity contribution in [2.24, 2.45) is 5.73 Å². The molecule has 0 radical (unpaired) electrons. The monoisotopic (exact) mass is 665 g/mol. The SMILES string of the molecule is CCCCCCCCCCCCCCCCCCC(O)C(COP(=O)(O)OCCN)NC(=O)CC(O)CCCCCCCCC. The number of carbonyl (C=O) groups is 1. The van der Waals surface area contributed by atoms with E-state index in [1.807, 2.05) is 0 Å². The summed E-state index contributed by atoms with van der Waals surface area (Å²) in [6.45, 7) is 4.00. The quantitative estimate of drug-likeness (QED) is 0.0334. The molecular formula is C35H73N2O7P. The van der Waals surface area contributed by atoms with Gasteiger partial charge in [0.15, 0.2) is 0 Å². The van der Waals surface area contributed by atoms with Crippen molar-refractivity contribution in [3.63, 3.8) is 0 Å². The van der Waals surface area contributed by atoms with E-state index in [1.54, 1.807) is 0 Å². The number of aliphatic hydroxyl groups excluding tert-OH is 2. The number of unbranched alkanes of at least 4 members (excludes halogenated alkanes) is 21. The van der Waals surface area contributed by atoms with Crippen LogP contribution in [0.5, 0.6) is 0 Å². The van der Waals surface area contributed by atoms with E-state index in [2.05, 4.69) is 19.2 Å². The van der Waals surface area contributed by atoms with E-state index in [0.717, 1.165) is 38.5 Å². The summed E-state index contributed by atoms with van der Waals surface area (Å²) in [5, 5.41) is 23.9. The maximum absolute atomic E-state index is 12.7. The van der Waals surface area contributed by atoms with E-state index in [0.29, 0.717) is 12.8 Å². The summed E-state index contributed by atoms with van der Waals surface area (Å²) in [5.74, 6) is -0.416. The number of amides is 1. The molecular weight excluding hydrogens is 591 g/mol. The number of phosphoric ester groups is 1. The van der Waals surface area contributed by atoms with Crippen molar-refractivity contribution < 1.29 is 33.5 Å². The number of nitrogens with two attached hydrogens (primary N) is 1. The maximum Gasteiger partial charge on any atom is 0.472 e. The van der Waals surface area contributed by atoms with Gasteiger partial charge < -0.3 is 26.2 Å². The summed E-state index contributed by atoms with van der Waals surface area (Å²) >= 11 is 0. The first-order chi connectivity index (χ1) is 21.8. The molecule has 0 saturated carbocycles. The number of aliphatic hydroxyl groups is 2. The Morgan fingerprint density at radius 3 is 1.49 bits per heavy atom. The molecule has 45 heavy (non-hydrogen) atoms. The Hall–Kier alpha value is -0.540. The molecule has 0 fully saturated rings. The zero-order chi connectivity index (χ0) is 33.4. The summed E-state index contributed by atoms with van der Waals surface area (Å²) in [6.07, 6.45) is 27.3. The molecule has 9 nitrogen and oxygen atoms in total. The van der Waals surface area contributed by atoms with Crippen LogP contribution >= 0.6 is 7.82 Å². The topological polar surface area (TPSA) is 151 Å². The number of hydrogen-bond donors (Lipinski definition) is 5. The minimum Gasteiger partial charge on any atom is -0.393 e. The Labute approximate surface area is 276 Å². The molecule has 0 aliphatic rings. The zero-order valence-corrected chi connectivity index (χ0v) is 30.1. The lowest BCUT2D eigenvalue weighted by Crippen LogP contribution is -2.47. The second kappa shape index (κ2) is 32.0. The Bertz CT molecular complexity index is 701. The molecule has 0 aliphatic heterocycles. The van der Waals surface area contributed by atoms with Gasteiger partial charge in [0.25, 0.3) is 0 Å². The van der Waals surface area contributed by atoms with Gasteiger partial charge in [-0.1, -0.05) is 162 Å². The number of nitrogens with one attached hydrogen (secondary N) is 1. The van der Waals surface area contributed by atoms with Crippen LogP contribution in [0.2, 0.25) is 0 Å². The molecule has 10 heteroatoms. The zero-order valence-electron chi connectivity index (χ0n) is 29.2. The van der Waals surface area contributed by atoms with Gasteiger partial charge in [-0.15, -0.1) is 0 Å². The van der Waals surface area contributed by atoms with E-state index in [1.165, 1.54) is 109 Å². The molecule has 270 valence electrons. The van der Waals surface area contributed by atoms with Crippen molar-refractivity contribution >= 4 is 13.7 Å². The van der Waals surface area contributed by atoms with Crippen LogP contribution in [0.4, 0.5) is 0 Å². The Balaban J connectivity index is 4.31. The van der Waals surface area contributed by atoms with Crippen LogP contribution in [0, 0.1) is 0 Å². The fourth-order valence-corrected chi connectivity index (χ4v) is 6.41. The van der Waals surface area contributed by atoms with Crippen LogP contribution in [0.15, 0.2) is 0 Å². The van der Waals surface area contributed by atoms with Gasteiger partial charge in [0.2, 0.25) is 5.91 Å². The van der Waals surface area contributed by atoms with Crippen molar-refractivity contribution in [2.75, 3.05) is 19.8 Å². The van der Waals surface area contributed by atoms with Gasteiger partial charge in [-0.2, -0.15) is 0 Å². The minimum atomic E-state index is -4.36. The van der Waals surface area contributed by atoms with Gasteiger partial charge in [0, 0.05) is 6.54 Å². The van der Waals surface area contributed by atoms with Crippen LogP contribution < -0.4 is 11.1 Å². The highest BCUT2D eigenvalue weighted by Crippen LogP contribution is 2.43. The summed E-state index contributed by atoms with van der Waals surface area (Å²) in [5.41, 5.74) is 5.34. The maximum atomic E-state index is 12.7. The average Bonchev–Trinajstić information content (AvgIpc) is 3.01. The Kier molecular flexibility index (Phi) is 31.6. The van der Waals surface area contributed by atoms with Crippen LogP contribution in [0.1, 0.15) is 181 Å². The molecule has 6 N–H and O–H groups in total. The molecule has 0 heterocycles. The third-order valence-electron chi connectivity index (χ3n) is 8.52. The summed E-state index contributed by atoms with van der Waals surface area (Å²) in [7, 11) is -4.36. The molecule has 1 amide bonds. The van der Waals surface area contributed by atoms with Crippen molar-refractivity contribution in [3.8, 4) is 0 Å². The van der Waals surface area contributed by atoms with Gasteiger partial charge in [0.05, 0.1) is 37.9 Å². The summed E-state index contributed by atoms with van der Waals surface area (Å²) < 4.78 is 22.0. The molecule has 0 aliphatic carbocycles. The van der Waals surface area contributed by atoms with Crippen LogP contribution in [-0.4, -0.2) is 59.0 Å². The van der Waals surface area contributed by atoms with E-state index in [9.17, 15) is 24.5 Å². The van der Waals surface area contributed by atoms with Crippen molar-refractivity contribution in [2.45, 2.75) is 199 Å². The van der Waals surface area contributed by atoms with Crippen molar-refractivity contribution in [3.05, 3.63) is 0 Å². The molecule has 0 aromatic rings. The van der Waals surface area contributed by atoms with Gasteiger partial charge >= 0.3 is 7.82 Å². The lowest BCUT2D eigenvalue weighted by Gasteiger charge is -2.25. The standard InChI is InChI=1S/C35H73N2O7P/c1-3-5-7-9-11-12-13-14-15-16-17-18-19-21-23-25-27-34(39)33(31-44-45(41,42)43-29-28-36)37-35(40)30-32(38)26-24-22-20-10-8-6-4-2/h32-34,38-39H,3-31,36H2,1-2H3,(H,37,40)(H,41,42). The minimum absolute atomic E-state index is 0.0621. The van der Waals surface area contributed by atoms with Crippen LogP contribution in [-0.2, 0) is 18.4 Å². The normalized spacial score (nSPS) is 15.1. The van der Waals surface area contributed by atoms with Crippen LogP contribution in [0.25, 0.3) is 0 Å². The lowest BCUT2D eigenvalue weighted by atomic mass is 10.0. The van der Waals surface area contributed by atoms with E-state index in [-0.39, 0.29) is 26.2 Å². The third-order valence-corrected chi connectivity index (χ3v) is 9.50. The van der Waals surface area contributed by atoms with Crippen molar-refractivity contribution in [1.29, 1.82) is 0 Å². The molecule has 0 aromatic heterocycles. The molecule has 4 atom stereocenters. The molecule has 0 bridgehead atoms. The largest absolute Gasteiger partial charge is 0.472 e. The van der Waals surface area contributed by atoms with Gasteiger partial charge in [-0.25, -0.2) is 4.57 Å². The highest BCUT2D eigenvalue weighted by atomic mass is 31.2. The molecule has 4 unspecified atom stereocenters. The smallest absolute Gasteiger partial charge is 0.393 e. The van der Waals surface area contributed by atoms with E-state index < -0.39 is 32.0 Å². The Morgan fingerprint density at radius 2 is 1.07 bits per heavy atom. The van der Waals surface area contributed by atoms with Gasteiger partial charge in [-0.05, 0) is 12.8 Å². The molecule has 0 saturated heterocycles. The first-order valence-electron chi connectivity index (χ1n) is 18.7. The lowest BCUT2D eigenvalue weighted by molar-refractivity contribution is -0.125. The van der Waals surface area contributed by atoms with Gasteiger partial charge in [-0.3, -0.25) is 13.8 Å². The van der Waals surface area contributed by atoms with E-state index in [4.69, 9.17) is 14.8 Å². The number of hydrogen-bond acceptors (Lipinski definition) is 7. The fraction of sp³-hybridized carbons (Fsp3) is 0.971. The van der Waals surface area contributed by atoms with Crippen LogP contribution in [0.3, 0.4) is 0 Å². The first kappa shape index (κ1) is 44.5. The summed E-state index contributed by atoms with van der Waals surface area (Å²) in [4.78, 5) is 22.6. The molecule has 0 spiro atoms. The average molecular weight is 665 g/mol. The third kappa shape index (κ3) is 30.5. The first-order valence-corrected chi connectivity index (χ1v) is 20.2. The molecule has 0 aromatic carbocycles. The van der Waals surface area contributed by atoms with Gasteiger partial charge in [0.1, 0.15) is 0 Å². The Morgan fingerprint density at radius 1 is 0.667 bits per heavy atom. The predicted octanol–water partition coefficient (Wildman–Crippen LogP) is 8.47.